The number of carbonyl (C=O) groups excluding carboxylic acids is 3. The number of benzene rings is 1. The Hall–Kier alpha value is -1.28. The second-order valence-electron chi connectivity index (χ2n) is 6.40. The molecule has 0 fully saturated rings. The second kappa shape index (κ2) is 13.8. The normalized spacial score (nSPS) is 12.5. The Bertz CT molecular complexity index is 638. The molecular weight excluding hydrogens is 397 g/mol. The van der Waals surface area contributed by atoms with Gasteiger partial charge in [0.05, 0.1) is 0 Å². The summed E-state index contributed by atoms with van der Waals surface area (Å²) in [5, 5.41) is 14.3. The molecule has 150 valence electrons. The molecule has 0 aliphatic rings. The van der Waals surface area contributed by atoms with Crippen molar-refractivity contribution in [2.45, 2.75) is 52.2 Å². The number of carboxylic acid groups (broad SMARTS) is 1. The van der Waals surface area contributed by atoms with Crippen molar-refractivity contribution in [3.05, 3.63) is 34.9 Å². The number of carboxylic acids is 1. The van der Waals surface area contributed by atoms with E-state index in [1.54, 1.807) is 38.1 Å². The van der Waals surface area contributed by atoms with Gasteiger partial charge in [0, 0.05) is 35.8 Å². The monoisotopic (exact) mass is 421 g/mol. The van der Waals surface area contributed by atoms with Gasteiger partial charge in [-0.05, 0) is 30.5 Å². The van der Waals surface area contributed by atoms with Crippen LogP contribution in [0.4, 0.5) is 4.79 Å². The Labute approximate surface area is 192 Å². The molecule has 0 bridgehead atoms. The third-order valence-electron chi connectivity index (χ3n) is 3.73. The number of ether oxygens (including phenoxy) is 2. The maximum absolute atomic E-state index is 11.9. The van der Waals surface area contributed by atoms with Crippen LogP contribution in [0.2, 0.25) is 5.02 Å². The number of esters is 1. The standard InChI is InChI=1S/C19H26ClNO6.Na/c1-4-5-16(22)26-18(12(2)3)27-19(25)21-11-10-15(17(23)24)13-6-8-14(20)9-7-13;/h6-9,12,15,18H,4-5,10-11H2,1-3H3,(H,21,25)(H,23,24);/q;+1/p-1/t15?,18-;/m1./s1. The molecule has 0 saturated carbocycles. The maximum Gasteiger partial charge on any atom is 1.00 e. The number of rotatable bonds is 10. The predicted molar refractivity (Wildman–Crippen MR) is 97.9 cm³/mol. The van der Waals surface area contributed by atoms with Crippen LogP contribution < -0.4 is 40.0 Å². The van der Waals surface area contributed by atoms with Crippen molar-refractivity contribution in [1.82, 2.24) is 5.32 Å². The summed E-state index contributed by atoms with van der Waals surface area (Å²) < 4.78 is 10.2. The summed E-state index contributed by atoms with van der Waals surface area (Å²) in [6, 6.07) is 6.38. The number of amides is 1. The van der Waals surface area contributed by atoms with E-state index in [4.69, 9.17) is 21.1 Å². The van der Waals surface area contributed by atoms with E-state index in [0.29, 0.717) is 17.0 Å². The third-order valence-corrected chi connectivity index (χ3v) is 3.98. The molecule has 28 heavy (non-hydrogen) atoms. The molecule has 0 spiro atoms. The number of carbonyl (C=O) groups is 3. The Morgan fingerprint density at radius 3 is 2.25 bits per heavy atom. The number of hydrogen-bond acceptors (Lipinski definition) is 6. The second-order valence-corrected chi connectivity index (χ2v) is 6.83. The van der Waals surface area contributed by atoms with Gasteiger partial charge in [0.25, 0.3) is 6.29 Å². The van der Waals surface area contributed by atoms with Crippen LogP contribution in [0, 0.1) is 5.92 Å². The van der Waals surface area contributed by atoms with Crippen LogP contribution in [0.1, 0.15) is 51.5 Å². The number of alkyl carbamates (subject to hydrolysis) is 1. The first-order valence-electron chi connectivity index (χ1n) is 8.84. The van der Waals surface area contributed by atoms with Crippen LogP contribution in [0.5, 0.6) is 0 Å². The average Bonchev–Trinajstić information content (AvgIpc) is 2.59. The maximum atomic E-state index is 11.9. The van der Waals surface area contributed by atoms with Gasteiger partial charge in [-0.3, -0.25) is 4.79 Å². The molecule has 0 saturated heterocycles. The topological polar surface area (TPSA) is 105 Å². The molecule has 1 rings (SSSR count). The van der Waals surface area contributed by atoms with Gasteiger partial charge < -0.3 is 24.7 Å². The minimum absolute atomic E-state index is 0. The molecule has 0 aliphatic carbocycles. The van der Waals surface area contributed by atoms with Gasteiger partial charge in [-0.1, -0.05) is 44.5 Å². The quantitative estimate of drug-likeness (QED) is 0.314. The molecule has 0 aliphatic heterocycles. The van der Waals surface area contributed by atoms with Gasteiger partial charge in [-0.15, -0.1) is 0 Å². The molecular formula is C19H25ClNNaO6. The molecule has 1 amide bonds. The average molecular weight is 422 g/mol. The largest absolute Gasteiger partial charge is 1.00 e. The minimum Gasteiger partial charge on any atom is -0.549 e. The van der Waals surface area contributed by atoms with E-state index in [-0.39, 0.29) is 54.9 Å². The van der Waals surface area contributed by atoms with Crippen molar-refractivity contribution in [3.63, 3.8) is 0 Å². The van der Waals surface area contributed by atoms with E-state index in [1.165, 1.54) is 0 Å². The molecule has 7 nitrogen and oxygen atoms in total. The number of hydrogen-bond donors (Lipinski definition) is 1. The van der Waals surface area contributed by atoms with Gasteiger partial charge >= 0.3 is 41.6 Å². The Morgan fingerprint density at radius 2 is 1.75 bits per heavy atom. The smallest absolute Gasteiger partial charge is 0.549 e. The minimum atomic E-state index is -1.25. The summed E-state index contributed by atoms with van der Waals surface area (Å²) in [5.74, 6) is -2.81. The summed E-state index contributed by atoms with van der Waals surface area (Å²) in [7, 11) is 0. The fraction of sp³-hybridized carbons (Fsp3) is 0.526. The van der Waals surface area contributed by atoms with E-state index in [2.05, 4.69) is 5.32 Å². The Morgan fingerprint density at radius 1 is 1.14 bits per heavy atom. The summed E-state index contributed by atoms with van der Waals surface area (Å²) in [4.78, 5) is 34.9. The number of halogens is 1. The van der Waals surface area contributed by atoms with Crippen LogP contribution in [-0.4, -0.2) is 30.9 Å². The predicted octanol–water partition coefficient (Wildman–Crippen LogP) is -0.381. The Kier molecular flexibility index (Phi) is 13.2. The van der Waals surface area contributed by atoms with Gasteiger partial charge in [0.15, 0.2) is 0 Å². The summed E-state index contributed by atoms with van der Waals surface area (Å²) in [5.41, 5.74) is 0.531. The van der Waals surface area contributed by atoms with Crippen molar-refractivity contribution in [3.8, 4) is 0 Å². The van der Waals surface area contributed by atoms with Gasteiger partial charge in [0.2, 0.25) is 0 Å². The van der Waals surface area contributed by atoms with E-state index in [0.717, 1.165) is 0 Å². The number of aliphatic carboxylic acids is 1. The first-order chi connectivity index (χ1) is 12.7. The number of nitrogens with one attached hydrogen (secondary N) is 1. The summed E-state index contributed by atoms with van der Waals surface area (Å²) in [6.45, 7) is 5.40. The third kappa shape index (κ3) is 9.78. The molecule has 0 radical (unpaired) electrons. The van der Waals surface area contributed by atoms with E-state index in [1.807, 2.05) is 6.92 Å². The van der Waals surface area contributed by atoms with E-state index in [9.17, 15) is 19.5 Å². The fourth-order valence-electron chi connectivity index (χ4n) is 2.27. The van der Waals surface area contributed by atoms with Gasteiger partial charge in [0.1, 0.15) is 0 Å². The summed E-state index contributed by atoms with van der Waals surface area (Å²) in [6.07, 6.45) is -0.808. The van der Waals surface area contributed by atoms with Crippen LogP contribution in [0.25, 0.3) is 0 Å². The van der Waals surface area contributed by atoms with Gasteiger partial charge in [-0.25, -0.2) is 4.79 Å². The van der Waals surface area contributed by atoms with Gasteiger partial charge in [-0.2, -0.15) is 0 Å². The fourth-order valence-corrected chi connectivity index (χ4v) is 2.40. The molecule has 1 aromatic carbocycles. The zero-order valence-corrected chi connectivity index (χ0v) is 19.5. The van der Waals surface area contributed by atoms with Crippen molar-refractivity contribution in [2.75, 3.05) is 6.54 Å². The van der Waals surface area contributed by atoms with E-state index < -0.39 is 30.2 Å². The first kappa shape index (κ1) is 26.7. The SMILES string of the molecule is CCCC(=O)O[C@H](OC(=O)NCCC(C(=O)[O-])c1ccc(Cl)cc1)C(C)C.[Na+]. The molecule has 9 heteroatoms. The van der Waals surface area contributed by atoms with Crippen LogP contribution in [0.15, 0.2) is 24.3 Å². The van der Waals surface area contributed by atoms with Crippen LogP contribution in [-0.2, 0) is 19.1 Å². The molecule has 2 atom stereocenters. The molecule has 1 N–H and O–H groups in total. The molecule has 0 heterocycles. The van der Waals surface area contributed by atoms with Crippen molar-refractivity contribution in [1.29, 1.82) is 0 Å². The first-order valence-corrected chi connectivity index (χ1v) is 9.22. The van der Waals surface area contributed by atoms with Crippen molar-refractivity contribution < 1.29 is 58.5 Å². The summed E-state index contributed by atoms with van der Waals surface area (Å²) >= 11 is 5.80. The zero-order valence-electron chi connectivity index (χ0n) is 16.7. The molecule has 0 aromatic heterocycles. The Balaban J connectivity index is 0.00000729. The zero-order chi connectivity index (χ0) is 20.4. The molecule has 1 unspecified atom stereocenters. The van der Waals surface area contributed by atoms with Crippen LogP contribution >= 0.6 is 11.6 Å². The van der Waals surface area contributed by atoms with Crippen LogP contribution in [0.3, 0.4) is 0 Å². The van der Waals surface area contributed by atoms with Crippen molar-refractivity contribution >= 4 is 29.6 Å². The van der Waals surface area contributed by atoms with Crippen molar-refractivity contribution in [2.24, 2.45) is 5.92 Å². The van der Waals surface area contributed by atoms with E-state index >= 15 is 0 Å². The molecule has 1 aromatic rings.